The van der Waals surface area contributed by atoms with E-state index in [9.17, 15) is 10.1 Å². The van der Waals surface area contributed by atoms with Gasteiger partial charge in [-0.15, -0.1) is 21.5 Å². The van der Waals surface area contributed by atoms with Crippen molar-refractivity contribution in [2.75, 3.05) is 11.1 Å². The molecule has 1 N–H and O–H groups in total. The summed E-state index contributed by atoms with van der Waals surface area (Å²) in [7, 11) is 1.95. The summed E-state index contributed by atoms with van der Waals surface area (Å²) in [5.41, 5.74) is 1.80. The number of carbonyl (C=O) groups excluding carboxylic acids is 1. The summed E-state index contributed by atoms with van der Waals surface area (Å²) in [6.07, 6.45) is 5.40. The highest BCUT2D eigenvalue weighted by atomic mass is 32.2. The molecule has 2 aliphatic rings. The largest absolute Gasteiger partial charge is 0.316 e. The van der Waals surface area contributed by atoms with Gasteiger partial charge in [-0.3, -0.25) is 4.79 Å². The Hall–Kier alpha value is -1.85. The maximum Gasteiger partial charge on any atom is 0.235 e. The van der Waals surface area contributed by atoms with E-state index in [1.54, 1.807) is 11.3 Å². The van der Waals surface area contributed by atoms with Crippen molar-refractivity contribution in [3.8, 4) is 6.07 Å². The number of nitrogens with zero attached hydrogens (tertiary/aromatic N) is 4. The number of thioether (sulfide) groups is 1. The first-order chi connectivity index (χ1) is 12.6. The van der Waals surface area contributed by atoms with Gasteiger partial charge in [0, 0.05) is 17.8 Å². The molecule has 1 amide bonds. The third kappa shape index (κ3) is 3.38. The zero-order valence-electron chi connectivity index (χ0n) is 14.9. The number of fused-ring (bicyclic) bond motifs is 1. The third-order valence-corrected chi connectivity index (χ3v) is 7.21. The molecule has 1 atom stereocenters. The van der Waals surface area contributed by atoms with E-state index in [1.807, 2.05) is 11.6 Å². The number of thiophene rings is 1. The summed E-state index contributed by atoms with van der Waals surface area (Å²) in [5.74, 6) is 2.35. The van der Waals surface area contributed by atoms with Gasteiger partial charge in [0.1, 0.15) is 16.9 Å². The van der Waals surface area contributed by atoms with Crippen LogP contribution in [0.2, 0.25) is 0 Å². The van der Waals surface area contributed by atoms with Gasteiger partial charge in [-0.1, -0.05) is 18.7 Å². The molecule has 0 spiro atoms. The number of rotatable bonds is 5. The van der Waals surface area contributed by atoms with Crippen molar-refractivity contribution in [2.45, 2.75) is 50.1 Å². The molecule has 0 saturated heterocycles. The Kier molecular flexibility index (Phi) is 4.76. The molecular formula is C18H21N5OS2. The van der Waals surface area contributed by atoms with E-state index in [0.29, 0.717) is 22.4 Å². The van der Waals surface area contributed by atoms with Gasteiger partial charge < -0.3 is 9.88 Å². The summed E-state index contributed by atoms with van der Waals surface area (Å²) in [6.45, 7) is 2.24. The predicted molar refractivity (Wildman–Crippen MR) is 103 cm³/mol. The van der Waals surface area contributed by atoms with Crippen molar-refractivity contribution in [2.24, 2.45) is 13.0 Å². The quantitative estimate of drug-likeness (QED) is 0.794. The fourth-order valence-electron chi connectivity index (χ4n) is 3.40. The van der Waals surface area contributed by atoms with E-state index in [4.69, 9.17) is 0 Å². The minimum atomic E-state index is -0.103. The van der Waals surface area contributed by atoms with Crippen LogP contribution in [0.25, 0.3) is 0 Å². The topological polar surface area (TPSA) is 83.6 Å². The Morgan fingerprint density at radius 2 is 2.23 bits per heavy atom. The number of hydrogen-bond acceptors (Lipinski definition) is 6. The van der Waals surface area contributed by atoms with Gasteiger partial charge in [-0.2, -0.15) is 5.26 Å². The molecule has 2 aromatic heterocycles. The van der Waals surface area contributed by atoms with Crippen LogP contribution >= 0.6 is 23.1 Å². The SMILES string of the molecule is CC1CCc2c(sc(NC(=O)CSc3nnc(C4CC4)n3C)c2C#N)C1. The Balaban J connectivity index is 1.41. The number of carbonyl (C=O) groups is 1. The van der Waals surface area contributed by atoms with E-state index < -0.39 is 0 Å². The van der Waals surface area contributed by atoms with Crippen molar-refractivity contribution in [1.29, 1.82) is 5.26 Å². The molecule has 2 aliphatic carbocycles. The molecule has 1 saturated carbocycles. The molecule has 8 heteroatoms. The summed E-state index contributed by atoms with van der Waals surface area (Å²) >= 11 is 2.95. The van der Waals surface area contributed by atoms with Crippen molar-refractivity contribution in [3.63, 3.8) is 0 Å². The molecule has 1 fully saturated rings. The standard InChI is InChI=1S/C18H21N5OS2/c1-10-3-6-12-13(8-19)17(26-14(12)7-10)20-15(24)9-25-18-22-21-16(23(18)2)11-4-5-11/h10-11H,3-7,9H2,1-2H3,(H,20,24). The number of nitrogens with one attached hydrogen (secondary N) is 1. The lowest BCUT2D eigenvalue weighted by Gasteiger charge is -2.17. The first kappa shape index (κ1) is 17.6. The zero-order chi connectivity index (χ0) is 18.3. The van der Waals surface area contributed by atoms with Crippen LogP contribution in [0, 0.1) is 17.2 Å². The van der Waals surface area contributed by atoms with Crippen LogP contribution in [0.3, 0.4) is 0 Å². The van der Waals surface area contributed by atoms with Crippen molar-refractivity contribution in [3.05, 3.63) is 21.8 Å². The minimum absolute atomic E-state index is 0.103. The summed E-state index contributed by atoms with van der Waals surface area (Å²) in [4.78, 5) is 13.7. The summed E-state index contributed by atoms with van der Waals surface area (Å²) in [5, 5.41) is 22.4. The second kappa shape index (κ2) is 7.05. The fourth-order valence-corrected chi connectivity index (χ4v) is 5.49. The van der Waals surface area contributed by atoms with E-state index in [-0.39, 0.29) is 11.7 Å². The fraction of sp³-hybridized carbons (Fsp3) is 0.556. The van der Waals surface area contributed by atoms with Crippen LogP contribution in [0.4, 0.5) is 5.00 Å². The van der Waals surface area contributed by atoms with Gasteiger partial charge >= 0.3 is 0 Å². The average Bonchev–Trinajstić information content (AvgIpc) is 3.30. The van der Waals surface area contributed by atoms with Crippen molar-refractivity contribution >= 4 is 34.0 Å². The smallest absolute Gasteiger partial charge is 0.235 e. The predicted octanol–water partition coefficient (Wildman–Crippen LogP) is 3.48. The molecule has 136 valence electrons. The van der Waals surface area contributed by atoms with Crippen LogP contribution in [0.15, 0.2) is 5.16 Å². The summed E-state index contributed by atoms with van der Waals surface area (Å²) in [6, 6.07) is 2.29. The van der Waals surface area contributed by atoms with E-state index in [2.05, 4.69) is 28.5 Å². The van der Waals surface area contributed by atoms with Gasteiger partial charge in [-0.05, 0) is 43.6 Å². The highest BCUT2D eigenvalue weighted by molar-refractivity contribution is 7.99. The number of aromatic nitrogens is 3. The van der Waals surface area contributed by atoms with Crippen LogP contribution in [-0.4, -0.2) is 26.4 Å². The lowest BCUT2D eigenvalue weighted by molar-refractivity contribution is -0.113. The van der Waals surface area contributed by atoms with Crippen LogP contribution in [-0.2, 0) is 24.7 Å². The number of anilines is 1. The van der Waals surface area contributed by atoms with Crippen LogP contribution in [0.1, 0.15) is 53.9 Å². The van der Waals surface area contributed by atoms with E-state index in [0.717, 1.165) is 35.8 Å². The molecular weight excluding hydrogens is 366 g/mol. The van der Waals surface area contributed by atoms with Gasteiger partial charge in [0.05, 0.1) is 11.3 Å². The highest BCUT2D eigenvalue weighted by Crippen LogP contribution is 2.40. The number of amides is 1. The lowest BCUT2D eigenvalue weighted by atomic mass is 9.89. The maximum absolute atomic E-state index is 12.4. The molecule has 0 aromatic carbocycles. The third-order valence-electron chi connectivity index (χ3n) is 5.02. The molecule has 1 unspecified atom stereocenters. The molecule has 0 bridgehead atoms. The first-order valence-corrected chi connectivity index (χ1v) is 10.7. The average molecular weight is 388 g/mol. The van der Waals surface area contributed by atoms with Crippen molar-refractivity contribution < 1.29 is 4.79 Å². The Bertz CT molecular complexity index is 890. The minimum Gasteiger partial charge on any atom is -0.316 e. The second-order valence-corrected chi connectivity index (χ2v) is 9.23. The number of hydrogen-bond donors (Lipinski definition) is 1. The Labute approximate surface area is 161 Å². The Morgan fingerprint density at radius 3 is 2.96 bits per heavy atom. The van der Waals surface area contributed by atoms with Crippen LogP contribution < -0.4 is 5.32 Å². The van der Waals surface area contributed by atoms with Crippen LogP contribution in [0.5, 0.6) is 0 Å². The van der Waals surface area contributed by atoms with Gasteiger partial charge in [0.15, 0.2) is 5.16 Å². The normalized spacial score (nSPS) is 19.0. The molecule has 6 nitrogen and oxygen atoms in total. The Morgan fingerprint density at radius 1 is 1.42 bits per heavy atom. The molecule has 2 heterocycles. The van der Waals surface area contributed by atoms with E-state index in [1.165, 1.54) is 29.5 Å². The zero-order valence-corrected chi connectivity index (χ0v) is 16.5. The lowest BCUT2D eigenvalue weighted by Crippen LogP contribution is -2.14. The van der Waals surface area contributed by atoms with Gasteiger partial charge in [0.2, 0.25) is 5.91 Å². The van der Waals surface area contributed by atoms with Gasteiger partial charge in [-0.25, -0.2) is 0 Å². The molecule has 26 heavy (non-hydrogen) atoms. The second-order valence-electron chi connectivity index (χ2n) is 7.18. The van der Waals surface area contributed by atoms with E-state index >= 15 is 0 Å². The van der Waals surface area contributed by atoms with Crippen molar-refractivity contribution in [1.82, 2.24) is 14.8 Å². The van der Waals surface area contributed by atoms with Gasteiger partial charge in [0.25, 0.3) is 0 Å². The molecule has 4 rings (SSSR count). The maximum atomic E-state index is 12.4. The molecule has 0 radical (unpaired) electrons. The molecule has 2 aromatic rings. The number of nitriles is 1. The monoisotopic (exact) mass is 387 g/mol. The summed E-state index contributed by atoms with van der Waals surface area (Å²) < 4.78 is 1.99. The first-order valence-electron chi connectivity index (χ1n) is 8.93. The molecule has 0 aliphatic heterocycles. The highest BCUT2D eigenvalue weighted by Gasteiger charge is 2.29.